The zero-order chi connectivity index (χ0) is 17.4. The van der Waals surface area contributed by atoms with Gasteiger partial charge in [0.25, 0.3) is 0 Å². The van der Waals surface area contributed by atoms with Gasteiger partial charge >= 0.3 is 5.97 Å². The van der Waals surface area contributed by atoms with Crippen LogP contribution in [-0.2, 0) is 4.79 Å². The number of carboxylic acid groups (broad SMARTS) is 1. The Morgan fingerprint density at radius 1 is 1.20 bits per heavy atom. The molecule has 25 heavy (non-hydrogen) atoms. The van der Waals surface area contributed by atoms with Gasteiger partial charge < -0.3 is 20.0 Å². The Kier molecular flexibility index (Phi) is 4.27. The van der Waals surface area contributed by atoms with Gasteiger partial charge in [0.15, 0.2) is 0 Å². The van der Waals surface area contributed by atoms with E-state index in [-0.39, 0.29) is 12.5 Å². The number of carboxylic acids is 1. The van der Waals surface area contributed by atoms with Crippen LogP contribution in [0, 0.1) is 17.3 Å². The van der Waals surface area contributed by atoms with Gasteiger partial charge in [0.05, 0.1) is 5.41 Å². The number of carbonyl (C=O) groups is 1. The lowest BCUT2D eigenvalue weighted by atomic mass is 9.81. The summed E-state index contributed by atoms with van der Waals surface area (Å²) in [6.45, 7) is 3.28. The number of aromatic nitrogens is 2. The van der Waals surface area contributed by atoms with Crippen molar-refractivity contribution in [3.8, 4) is 0 Å². The van der Waals surface area contributed by atoms with E-state index in [4.69, 9.17) is 0 Å². The molecule has 2 saturated heterocycles. The van der Waals surface area contributed by atoms with E-state index in [0.29, 0.717) is 12.5 Å². The molecule has 1 aromatic heterocycles. The van der Waals surface area contributed by atoms with Gasteiger partial charge in [-0.2, -0.15) is 0 Å². The summed E-state index contributed by atoms with van der Waals surface area (Å²) in [5.41, 5.74) is -0.599. The average Bonchev–Trinajstić information content (AvgIpc) is 3.20. The highest BCUT2D eigenvalue weighted by molar-refractivity contribution is 5.78. The summed E-state index contributed by atoms with van der Waals surface area (Å²) in [4.78, 5) is 25.0. The fourth-order valence-electron chi connectivity index (χ4n) is 4.92. The summed E-state index contributed by atoms with van der Waals surface area (Å²) in [5.74, 6) is 1.56. The van der Waals surface area contributed by atoms with Crippen LogP contribution in [0.4, 0.5) is 11.6 Å². The highest BCUT2D eigenvalue weighted by Crippen LogP contribution is 2.49. The first-order valence-corrected chi connectivity index (χ1v) is 9.28. The SMILES string of the molecule is O=C(O)[C@@]12CCC[C@H]1CN(c1cc(N3CCCC(CO)C3)ncn1)C2. The third-order valence-corrected chi connectivity index (χ3v) is 6.36. The predicted octanol–water partition coefficient (Wildman–Crippen LogP) is 1.38. The van der Waals surface area contributed by atoms with Crippen molar-refractivity contribution in [2.75, 3.05) is 42.6 Å². The van der Waals surface area contributed by atoms with E-state index < -0.39 is 11.4 Å². The summed E-state index contributed by atoms with van der Waals surface area (Å²) in [6.07, 6.45) is 6.46. The molecule has 0 radical (unpaired) electrons. The molecule has 0 bridgehead atoms. The predicted molar refractivity (Wildman–Crippen MR) is 93.7 cm³/mol. The lowest BCUT2D eigenvalue weighted by Crippen LogP contribution is -2.37. The number of piperidine rings is 1. The molecule has 4 rings (SSSR count). The van der Waals surface area contributed by atoms with Crippen molar-refractivity contribution in [1.29, 1.82) is 0 Å². The number of rotatable bonds is 4. The number of aliphatic carboxylic acids is 1. The van der Waals surface area contributed by atoms with E-state index in [9.17, 15) is 15.0 Å². The molecule has 1 aromatic rings. The van der Waals surface area contributed by atoms with Crippen molar-refractivity contribution < 1.29 is 15.0 Å². The van der Waals surface area contributed by atoms with Crippen LogP contribution in [0.25, 0.3) is 0 Å². The van der Waals surface area contributed by atoms with Gasteiger partial charge in [-0.05, 0) is 37.5 Å². The summed E-state index contributed by atoms with van der Waals surface area (Å²) in [7, 11) is 0. The lowest BCUT2D eigenvalue weighted by Gasteiger charge is -2.33. The lowest BCUT2D eigenvalue weighted by molar-refractivity contribution is -0.149. The van der Waals surface area contributed by atoms with Crippen LogP contribution in [-0.4, -0.2) is 58.9 Å². The molecule has 0 amide bonds. The topological polar surface area (TPSA) is 89.8 Å². The Morgan fingerprint density at radius 3 is 2.72 bits per heavy atom. The number of aliphatic hydroxyl groups is 1. The molecule has 3 atom stereocenters. The number of aliphatic hydroxyl groups excluding tert-OH is 1. The largest absolute Gasteiger partial charge is 0.481 e. The number of nitrogens with zero attached hydrogens (tertiary/aromatic N) is 4. The fraction of sp³-hybridized carbons (Fsp3) is 0.722. The minimum Gasteiger partial charge on any atom is -0.481 e. The Labute approximate surface area is 147 Å². The number of fused-ring (bicyclic) bond motifs is 1. The molecule has 0 spiro atoms. The summed E-state index contributed by atoms with van der Waals surface area (Å²) >= 11 is 0. The van der Waals surface area contributed by atoms with Crippen molar-refractivity contribution in [2.45, 2.75) is 32.1 Å². The maximum atomic E-state index is 11.9. The monoisotopic (exact) mass is 346 g/mol. The Bertz CT molecular complexity index is 655. The molecule has 2 N–H and O–H groups in total. The normalized spacial score (nSPS) is 32.0. The Hall–Kier alpha value is -1.89. The molecule has 2 aliphatic heterocycles. The van der Waals surface area contributed by atoms with Crippen LogP contribution in [0.3, 0.4) is 0 Å². The molecule has 136 valence electrons. The minimum absolute atomic E-state index is 0.212. The Morgan fingerprint density at radius 2 is 2.00 bits per heavy atom. The Balaban J connectivity index is 1.53. The molecule has 1 aliphatic carbocycles. The molecule has 3 fully saturated rings. The second kappa shape index (κ2) is 6.44. The van der Waals surface area contributed by atoms with E-state index in [2.05, 4.69) is 19.8 Å². The molecular formula is C18H26N4O3. The molecule has 1 saturated carbocycles. The number of hydrogen-bond donors (Lipinski definition) is 2. The first-order chi connectivity index (χ1) is 12.1. The molecule has 7 heteroatoms. The van der Waals surface area contributed by atoms with Crippen LogP contribution in [0.2, 0.25) is 0 Å². The zero-order valence-corrected chi connectivity index (χ0v) is 14.5. The molecule has 3 aliphatic rings. The second-order valence-corrected chi connectivity index (χ2v) is 7.80. The average molecular weight is 346 g/mol. The third kappa shape index (κ3) is 2.84. The van der Waals surface area contributed by atoms with Gasteiger partial charge in [-0.1, -0.05) is 6.42 Å². The van der Waals surface area contributed by atoms with Crippen molar-refractivity contribution in [2.24, 2.45) is 17.3 Å². The van der Waals surface area contributed by atoms with Crippen molar-refractivity contribution in [3.63, 3.8) is 0 Å². The van der Waals surface area contributed by atoms with Crippen LogP contribution in [0.5, 0.6) is 0 Å². The standard InChI is InChI=1S/C18H26N4O3/c23-10-13-3-2-6-21(8-13)15-7-16(20-12-19-15)22-9-14-4-1-5-18(14,11-22)17(24)25/h7,12-14,23H,1-6,8-11H2,(H,24,25)/t13?,14-,18+/m0/s1. The van der Waals surface area contributed by atoms with Crippen molar-refractivity contribution in [1.82, 2.24) is 9.97 Å². The number of anilines is 2. The fourth-order valence-corrected chi connectivity index (χ4v) is 4.92. The van der Waals surface area contributed by atoms with Gasteiger partial charge in [0, 0.05) is 38.9 Å². The maximum Gasteiger partial charge on any atom is 0.311 e. The van der Waals surface area contributed by atoms with E-state index in [1.165, 1.54) is 0 Å². The smallest absolute Gasteiger partial charge is 0.311 e. The molecule has 7 nitrogen and oxygen atoms in total. The van der Waals surface area contributed by atoms with E-state index in [1.54, 1.807) is 6.33 Å². The van der Waals surface area contributed by atoms with Gasteiger partial charge in [0.1, 0.15) is 18.0 Å². The van der Waals surface area contributed by atoms with Crippen LogP contribution >= 0.6 is 0 Å². The molecule has 1 unspecified atom stereocenters. The molecular weight excluding hydrogens is 320 g/mol. The van der Waals surface area contributed by atoms with Gasteiger partial charge in [-0.3, -0.25) is 4.79 Å². The van der Waals surface area contributed by atoms with Crippen LogP contribution < -0.4 is 9.80 Å². The highest BCUT2D eigenvalue weighted by atomic mass is 16.4. The van der Waals surface area contributed by atoms with E-state index in [0.717, 1.165) is 63.4 Å². The van der Waals surface area contributed by atoms with Gasteiger partial charge in [0.2, 0.25) is 0 Å². The summed E-state index contributed by atoms with van der Waals surface area (Å²) in [5, 5.41) is 19.2. The van der Waals surface area contributed by atoms with Gasteiger partial charge in [-0.15, -0.1) is 0 Å². The second-order valence-electron chi connectivity index (χ2n) is 7.80. The third-order valence-electron chi connectivity index (χ3n) is 6.36. The quantitative estimate of drug-likeness (QED) is 0.851. The number of hydrogen-bond acceptors (Lipinski definition) is 6. The van der Waals surface area contributed by atoms with Gasteiger partial charge in [-0.25, -0.2) is 9.97 Å². The van der Waals surface area contributed by atoms with Crippen LogP contribution in [0.1, 0.15) is 32.1 Å². The van der Waals surface area contributed by atoms with E-state index >= 15 is 0 Å². The first-order valence-electron chi connectivity index (χ1n) is 9.28. The maximum absolute atomic E-state index is 11.9. The molecule has 0 aromatic carbocycles. The summed E-state index contributed by atoms with van der Waals surface area (Å²) in [6, 6.07) is 1.98. The minimum atomic E-state index is -0.659. The summed E-state index contributed by atoms with van der Waals surface area (Å²) < 4.78 is 0. The van der Waals surface area contributed by atoms with Crippen molar-refractivity contribution >= 4 is 17.6 Å². The first kappa shape index (κ1) is 16.6. The van der Waals surface area contributed by atoms with E-state index in [1.807, 2.05) is 6.07 Å². The van der Waals surface area contributed by atoms with Crippen molar-refractivity contribution in [3.05, 3.63) is 12.4 Å². The zero-order valence-electron chi connectivity index (χ0n) is 14.5. The van der Waals surface area contributed by atoms with Crippen LogP contribution in [0.15, 0.2) is 12.4 Å². The molecule has 3 heterocycles. The highest BCUT2D eigenvalue weighted by Gasteiger charge is 2.55.